The molecule has 6 nitrogen and oxygen atoms in total. The van der Waals surface area contributed by atoms with Gasteiger partial charge in [-0.05, 0) is 17.7 Å². The van der Waals surface area contributed by atoms with Crippen molar-refractivity contribution in [2.75, 3.05) is 6.61 Å². The molecular formula is C16H21BrN2O4Si. The van der Waals surface area contributed by atoms with E-state index in [2.05, 4.69) is 40.6 Å². The van der Waals surface area contributed by atoms with Crippen LogP contribution >= 0.6 is 15.9 Å². The topological polar surface area (TPSA) is 81.4 Å². The molecule has 0 unspecified atom stereocenters. The summed E-state index contributed by atoms with van der Waals surface area (Å²) in [7, 11) is -1.25. The van der Waals surface area contributed by atoms with E-state index in [1.54, 1.807) is 12.1 Å². The van der Waals surface area contributed by atoms with Crippen molar-refractivity contribution in [3.05, 3.63) is 39.9 Å². The first kappa shape index (κ1) is 18.8. The van der Waals surface area contributed by atoms with Gasteiger partial charge in [0.2, 0.25) is 5.82 Å². The van der Waals surface area contributed by atoms with Crippen LogP contribution in [0.3, 0.4) is 0 Å². The van der Waals surface area contributed by atoms with Gasteiger partial charge in [-0.1, -0.05) is 47.7 Å². The molecule has 1 aromatic carbocycles. The minimum atomic E-state index is -1.25. The molecule has 24 heavy (non-hydrogen) atoms. The van der Waals surface area contributed by atoms with E-state index in [0.29, 0.717) is 22.8 Å². The Kier molecular flexibility index (Phi) is 5.95. The molecule has 0 aliphatic carbocycles. The molecule has 1 aromatic heterocycles. The van der Waals surface area contributed by atoms with Gasteiger partial charge in [-0.2, -0.15) is 0 Å². The molecule has 1 N–H and O–H groups in total. The van der Waals surface area contributed by atoms with Crippen LogP contribution in [0.5, 0.6) is 0 Å². The highest BCUT2D eigenvalue weighted by atomic mass is 79.9. The molecule has 0 bridgehead atoms. The number of benzene rings is 1. The van der Waals surface area contributed by atoms with E-state index in [9.17, 15) is 14.7 Å². The van der Waals surface area contributed by atoms with Crippen LogP contribution in [0.4, 0.5) is 0 Å². The van der Waals surface area contributed by atoms with Crippen LogP contribution in [0.15, 0.2) is 23.0 Å². The number of ether oxygens (including phenoxy) is 1. The zero-order chi connectivity index (χ0) is 17.9. The Hall–Kier alpha value is -1.51. The van der Waals surface area contributed by atoms with E-state index in [-0.39, 0.29) is 18.1 Å². The summed E-state index contributed by atoms with van der Waals surface area (Å²) in [5.74, 6) is -1.54. The van der Waals surface area contributed by atoms with Gasteiger partial charge in [0, 0.05) is 20.0 Å². The van der Waals surface area contributed by atoms with Gasteiger partial charge in [-0.3, -0.25) is 9.36 Å². The number of nitrogens with zero attached hydrogens (tertiary/aromatic N) is 2. The third-order valence-corrected chi connectivity index (χ3v) is 5.93. The maximum absolute atomic E-state index is 12.8. The van der Waals surface area contributed by atoms with Gasteiger partial charge in [0.05, 0.1) is 10.9 Å². The Morgan fingerprint density at radius 3 is 2.67 bits per heavy atom. The van der Waals surface area contributed by atoms with E-state index < -0.39 is 14.0 Å². The minimum Gasteiger partial charge on any atom is -0.475 e. The number of carbonyl (C=O) groups is 1. The summed E-state index contributed by atoms with van der Waals surface area (Å²) in [5, 5.41) is 10.3. The number of aromatic carboxylic acids is 1. The number of rotatable bonds is 7. The monoisotopic (exact) mass is 412 g/mol. The van der Waals surface area contributed by atoms with E-state index in [1.165, 1.54) is 0 Å². The average molecular weight is 413 g/mol. The van der Waals surface area contributed by atoms with Crippen LogP contribution in [0.25, 0.3) is 10.9 Å². The van der Waals surface area contributed by atoms with Gasteiger partial charge in [0.25, 0.3) is 5.56 Å². The van der Waals surface area contributed by atoms with Gasteiger partial charge in [0.15, 0.2) is 0 Å². The average Bonchev–Trinajstić information content (AvgIpc) is 2.51. The molecule has 0 saturated carbocycles. The SMILES string of the molecule is C[Si](C)(C)CCOCn1c(C(=O)O)nc2cccc(CBr)c2c1=O. The smallest absolute Gasteiger partial charge is 0.372 e. The fraction of sp³-hybridized carbons (Fsp3) is 0.438. The summed E-state index contributed by atoms with van der Waals surface area (Å²) in [5.41, 5.74) is 0.769. The minimum absolute atomic E-state index is 0.107. The molecule has 0 amide bonds. The van der Waals surface area contributed by atoms with Gasteiger partial charge in [-0.15, -0.1) is 0 Å². The molecule has 0 aliphatic heterocycles. The van der Waals surface area contributed by atoms with Crippen molar-refractivity contribution in [1.29, 1.82) is 0 Å². The molecule has 2 rings (SSSR count). The molecule has 2 aromatic rings. The van der Waals surface area contributed by atoms with Gasteiger partial charge in [0.1, 0.15) is 6.73 Å². The number of alkyl halides is 1. The zero-order valence-corrected chi connectivity index (χ0v) is 16.6. The third-order valence-electron chi connectivity index (χ3n) is 3.62. The van der Waals surface area contributed by atoms with Crippen molar-refractivity contribution in [3.63, 3.8) is 0 Å². The van der Waals surface area contributed by atoms with Crippen molar-refractivity contribution < 1.29 is 14.6 Å². The van der Waals surface area contributed by atoms with E-state index in [1.807, 2.05) is 6.07 Å². The van der Waals surface area contributed by atoms with Crippen molar-refractivity contribution in [1.82, 2.24) is 9.55 Å². The Balaban J connectivity index is 2.43. The van der Waals surface area contributed by atoms with E-state index >= 15 is 0 Å². The lowest BCUT2D eigenvalue weighted by molar-refractivity contribution is 0.0599. The summed E-state index contributed by atoms with van der Waals surface area (Å²) < 4.78 is 6.67. The predicted octanol–water partition coefficient (Wildman–Crippen LogP) is 3.30. The number of fused-ring (bicyclic) bond motifs is 1. The highest BCUT2D eigenvalue weighted by Gasteiger charge is 2.19. The molecule has 0 spiro atoms. The van der Waals surface area contributed by atoms with Crippen molar-refractivity contribution in [2.45, 2.75) is 37.7 Å². The molecule has 0 atom stereocenters. The van der Waals surface area contributed by atoms with Gasteiger partial charge >= 0.3 is 5.97 Å². The lowest BCUT2D eigenvalue weighted by Gasteiger charge is -2.16. The van der Waals surface area contributed by atoms with Crippen LogP contribution in [-0.2, 0) is 16.8 Å². The van der Waals surface area contributed by atoms with Crippen LogP contribution in [0.2, 0.25) is 25.7 Å². The highest BCUT2D eigenvalue weighted by Crippen LogP contribution is 2.17. The predicted molar refractivity (Wildman–Crippen MR) is 99.7 cm³/mol. The largest absolute Gasteiger partial charge is 0.475 e. The number of hydrogen-bond donors (Lipinski definition) is 1. The van der Waals surface area contributed by atoms with Crippen LogP contribution in [0, 0.1) is 0 Å². The first-order chi connectivity index (χ1) is 11.2. The normalized spacial score (nSPS) is 11.8. The quantitative estimate of drug-likeness (QED) is 0.428. The number of hydrogen-bond acceptors (Lipinski definition) is 4. The fourth-order valence-electron chi connectivity index (χ4n) is 2.26. The number of aromatic nitrogens is 2. The number of halogens is 1. The van der Waals surface area contributed by atoms with Crippen molar-refractivity contribution in [3.8, 4) is 0 Å². The van der Waals surface area contributed by atoms with Crippen LogP contribution < -0.4 is 5.56 Å². The molecule has 1 heterocycles. The molecule has 8 heteroatoms. The van der Waals surface area contributed by atoms with Crippen molar-refractivity contribution in [2.24, 2.45) is 0 Å². The first-order valence-electron chi connectivity index (χ1n) is 7.64. The second kappa shape index (κ2) is 7.58. The Morgan fingerprint density at radius 2 is 2.08 bits per heavy atom. The summed E-state index contributed by atoms with van der Waals surface area (Å²) in [4.78, 5) is 28.4. The lowest BCUT2D eigenvalue weighted by atomic mass is 10.1. The lowest BCUT2D eigenvalue weighted by Crippen LogP contribution is -2.30. The maximum atomic E-state index is 12.8. The summed E-state index contributed by atoms with van der Waals surface area (Å²) >= 11 is 3.35. The molecule has 0 radical (unpaired) electrons. The first-order valence-corrected chi connectivity index (χ1v) is 12.5. The second-order valence-electron chi connectivity index (χ2n) is 6.77. The molecule has 0 aliphatic rings. The zero-order valence-electron chi connectivity index (χ0n) is 14.0. The van der Waals surface area contributed by atoms with Crippen molar-refractivity contribution >= 4 is 40.9 Å². The Labute approximate surface area is 149 Å². The van der Waals surface area contributed by atoms with Gasteiger partial charge in [-0.25, -0.2) is 9.78 Å². The second-order valence-corrected chi connectivity index (χ2v) is 12.9. The van der Waals surface area contributed by atoms with Crippen LogP contribution in [-0.4, -0.2) is 35.3 Å². The Morgan fingerprint density at radius 1 is 1.38 bits per heavy atom. The molecule has 0 fully saturated rings. The van der Waals surface area contributed by atoms with Crippen LogP contribution in [0.1, 0.15) is 16.2 Å². The standard InChI is InChI=1S/C16H21BrN2O4Si/c1-24(2,3)8-7-23-10-19-14(16(21)22)18-12-6-4-5-11(9-17)13(12)15(19)20/h4-6H,7-10H2,1-3H3,(H,21,22). The third kappa shape index (κ3) is 4.31. The molecular weight excluding hydrogens is 392 g/mol. The van der Waals surface area contributed by atoms with Gasteiger partial charge < -0.3 is 9.84 Å². The Bertz CT molecular complexity index is 814. The summed E-state index contributed by atoms with van der Waals surface area (Å²) in [6.45, 7) is 7.07. The summed E-state index contributed by atoms with van der Waals surface area (Å²) in [6.07, 6.45) is 0. The summed E-state index contributed by atoms with van der Waals surface area (Å²) in [6, 6.07) is 6.16. The molecule has 130 valence electrons. The number of carboxylic acid groups (broad SMARTS) is 1. The molecule has 0 saturated heterocycles. The highest BCUT2D eigenvalue weighted by molar-refractivity contribution is 9.08. The fourth-order valence-corrected chi connectivity index (χ4v) is 3.48. The van der Waals surface area contributed by atoms with E-state index in [4.69, 9.17) is 4.74 Å². The van der Waals surface area contributed by atoms with E-state index in [0.717, 1.165) is 16.2 Å². The number of carboxylic acids is 1. The maximum Gasteiger partial charge on any atom is 0.372 e.